The summed E-state index contributed by atoms with van der Waals surface area (Å²) in [4.78, 5) is 4.25. The van der Waals surface area contributed by atoms with E-state index in [1.165, 1.54) is 0 Å². The number of methoxy groups -OCH3 is 1. The van der Waals surface area contributed by atoms with Crippen molar-refractivity contribution in [1.29, 1.82) is 0 Å². The number of benzene rings is 1. The molecule has 0 saturated carbocycles. The molecule has 2 N–H and O–H groups in total. The number of hydrogen-bond donors (Lipinski definition) is 1. The first-order valence-corrected chi connectivity index (χ1v) is 4.69. The van der Waals surface area contributed by atoms with E-state index in [-0.39, 0.29) is 0 Å². The van der Waals surface area contributed by atoms with Gasteiger partial charge in [0.2, 0.25) is 0 Å². The smallest absolute Gasteiger partial charge is 0.125 e. The fourth-order valence-electron chi connectivity index (χ4n) is 1.11. The van der Waals surface area contributed by atoms with Crippen molar-refractivity contribution in [3.05, 3.63) is 35.9 Å². The second-order valence-corrected chi connectivity index (χ2v) is 2.98. The van der Waals surface area contributed by atoms with Crippen LogP contribution in [0.5, 0.6) is 0 Å². The molecular formula is C11H16N2O. The fourth-order valence-corrected chi connectivity index (χ4v) is 1.11. The van der Waals surface area contributed by atoms with E-state index in [1.807, 2.05) is 30.3 Å². The third-order valence-electron chi connectivity index (χ3n) is 1.86. The highest BCUT2D eigenvalue weighted by molar-refractivity contribution is 5.97. The lowest BCUT2D eigenvalue weighted by Gasteiger charge is -2.00. The zero-order valence-electron chi connectivity index (χ0n) is 8.44. The summed E-state index contributed by atoms with van der Waals surface area (Å²) in [7, 11) is 1.68. The van der Waals surface area contributed by atoms with Crippen molar-refractivity contribution in [2.75, 3.05) is 20.3 Å². The summed E-state index contributed by atoms with van der Waals surface area (Å²) >= 11 is 0. The lowest BCUT2D eigenvalue weighted by Crippen LogP contribution is -2.14. The Morgan fingerprint density at radius 3 is 2.71 bits per heavy atom. The Labute approximate surface area is 84.6 Å². The van der Waals surface area contributed by atoms with Gasteiger partial charge in [-0.05, 0) is 6.42 Å². The first-order chi connectivity index (χ1) is 6.84. The molecule has 1 rings (SSSR count). The monoisotopic (exact) mass is 192 g/mol. The van der Waals surface area contributed by atoms with Gasteiger partial charge >= 0.3 is 0 Å². The van der Waals surface area contributed by atoms with Crippen molar-refractivity contribution in [3.8, 4) is 0 Å². The van der Waals surface area contributed by atoms with Gasteiger partial charge in [-0.1, -0.05) is 30.3 Å². The molecule has 0 aliphatic heterocycles. The minimum absolute atomic E-state index is 0.599. The van der Waals surface area contributed by atoms with E-state index in [2.05, 4.69) is 4.99 Å². The molecule has 0 spiro atoms. The molecule has 0 bridgehead atoms. The molecule has 0 heterocycles. The third kappa shape index (κ3) is 3.58. The normalized spacial score (nSPS) is 11.6. The van der Waals surface area contributed by atoms with Crippen LogP contribution in [-0.2, 0) is 4.74 Å². The molecular weight excluding hydrogens is 176 g/mol. The van der Waals surface area contributed by atoms with Gasteiger partial charge in [-0.25, -0.2) is 0 Å². The van der Waals surface area contributed by atoms with Crippen LogP contribution in [0.15, 0.2) is 35.3 Å². The lowest BCUT2D eigenvalue weighted by atomic mass is 10.2. The molecule has 0 fully saturated rings. The van der Waals surface area contributed by atoms with Crippen LogP contribution in [0.3, 0.4) is 0 Å². The number of aliphatic imine (C=N–C) groups is 1. The maximum absolute atomic E-state index is 5.79. The number of ether oxygens (including phenoxy) is 1. The van der Waals surface area contributed by atoms with E-state index in [1.54, 1.807) is 7.11 Å². The topological polar surface area (TPSA) is 47.6 Å². The Hall–Kier alpha value is -1.35. The maximum atomic E-state index is 5.79. The van der Waals surface area contributed by atoms with Crippen molar-refractivity contribution < 1.29 is 4.74 Å². The molecule has 3 nitrogen and oxygen atoms in total. The summed E-state index contributed by atoms with van der Waals surface area (Å²) in [6.07, 6.45) is 0.907. The zero-order valence-corrected chi connectivity index (χ0v) is 8.44. The van der Waals surface area contributed by atoms with E-state index < -0.39 is 0 Å². The van der Waals surface area contributed by atoms with E-state index in [9.17, 15) is 0 Å². The molecule has 0 aromatic heterocycles. The van der Waals surface area contributed by atoms with Crippen LogP contribution in [0, 0.1) is 0 Å². The number of hydrogen-bond acceptors (Lipinski definition) is 2. The van der Waals surface area contributed by atoms with Gasteiger partial charge in [0.1, 0.15) is 5.84 Å². The van der Waals surface area contributed by atoms with Crippen LogP contribution in [-0.4, -0.2) is 26.1 Å². The van der Waals surface area contributed by atoms with Gasteiger partial charge in [-0.3, -0.25) is 4.99 Å². The summed E-state index contributed by atoms with van der Waals surface area (Å²) in [5, 5.41) is 0. The Morgan fingerprint density at radius 1 is 1.36 bits per heavy atom. The highest BCUT2D eigenvalue weighted by Gasteiger charge is 1.94. The van der Waals surface area contributed by atoms with Gasteiger partial charge in [0, 0.05) is 25.8 Å². The highest BCUT2D eigenvalue weighted by Crippen LogP contribution is 1.97. The van der Waals surface area contributed by atoms with Crippen LogP contribution in [0.4, 0.5) is 0 Å². The lowest BCUT2D eigenvalue weighted by molar-refractivity contribution is 0.197. The quantitative estimate of drug-likeness (QED) is 0.436. The van der Waals surface area contributed by atoms with Crippen LogP contribution in [0.1, 0.15) is 12.0 Å². The Kier molecular flexibility index (Phi) is 4.72. The van der Waals surface area contributed by atoms with Gasteiger partial charge < -0.3 is 10.5 Å². The number of nitrogens with two attached hydrogens (primary N) is 1. The van der Waals surface area contributed by atoms with E-state index in [0.717, 1.165) is 18.6 Å². The molecule has 1 aromatic carbocycles. The number of amidine groups is 1. The predicted molar refractivity (Wildman–Crippen MR) is 58.5 cm³/mol. The molecule has 0 amide bonds. The average Bonchev–Trinajstić information content (AvgIpc) is 2.25. The molecule has 3 heteroatoms. The molecule has 0 radical (unpaired) electrons. The third-order valence-corrected chi connectivity index (χ3v) is 1.86. The standard InChI is InChI=1S/C11H16N2O/c1-14-9-5-8-13-11(12)10-6-3-2-4-7-10/h2-4,6-7H,5,8-9H2,1H3,(H2,12,13). The predicted octanol–water partition coefficient (Wildman–Crippen LogP) is 1.43. The van der Waals surface area contributed by atoms with Gasteiger partial charge in [0.25, 0.3) is 0 Å². The largest absolute Gasteiger partial charge is 0.385 e. The number of nitrogens with zero attached hydrogens (tertiary/aromatic N) is 1. The minimum Gasteiger partial charge on any atom is -0.385 e. The van der Waals surface area contributed by atoms with E-state index in [0.29, 0.717) is 12.4 Å². The van der Waals surface area contributed by atoms with Gasteiger partial charge in [-0.2, -0.15) is 0 Å². The summed E-state index contributed by atoms with van der Waals surface area (Å²) < 4.78 is 4.92. The second kappa shape index (κ2) is 6.16. The second-order valence-electron chi connectivity index (χ2n) is 2.98. The molecule has 0 unspecified atom stereocenters. The Balaban J connectivity index is 2.44. The van der Waals surface area contributed by atoms with Crippen LogP contribution >= 0.6 is 0 Å². The van der Waals surface area contributed by atoms with E-state index in [4.69, 9.17) is 10.5 Å². The summed E-state index contributed by atoms with van der Waals surface area (Å²) in [5.41, 5.74) is 6.76. The highest BCUT2D eigenvalue weighted by atomic mass is 16.5. The first-order valence-electron chi connectivity index (χ1n) is 4.69. The molecule has 0 aliphatic rings. The van der Waals surface area contributed by atoms with Crippen molar-refractivity contribution in [2.45, 2.75) is 6.42 Å². The first kappa shape index (κ1) is 10.7. The minimum atomic E-state index is 0.599. The zero-order chi connectivity index (χ0) is 10.2. The average molecular weight is 192 g/mol. The van der Waals surface area contributed by atoms with Crippen molar-refractivity contribution >= 4 is 5.84 Å². The summed E-state index contributed by atoms with van der Waals surface area (Å²) in [6.45, 7) is 1.44. The van der Waals surface area contributed by atoms with Gasteiger partial charge in [-0.15, -0.1) is 0 Å². The van der Waals surface area contributed by atoms with Crippen molar-refractivity contribution in [1.82, 2.24) is 0 Å². The van der Waals surface area contributed by atoms with Crippen LogP contribution in [0.25, 0.3) is 0 Å². The van der Waals surface area contributed by atoms with Crippen LogP contribution < -0.4 is 5.73 Å². The maximum Gasteiger partial charge on any atom is 0.125 e. The summed E-state index contributed by atoms with van der Waals surface area (Å²) in [6, 6.07) is 9.77. The SMILES string of the molecule is COCCCN=C(N)c1ccccc1. The summed E-state index contributed by atoms with van der Waals surface area (Å²) in [5.74, 6) is 0.599. The number of rotatable bonds is 5. The molecule has 1 aromatic rings. The molecule has 0 saturated heterocycles. The van der Waals surface area contributed by atoms with Gasteiger partial charge in [0.05, 0.1) is 0 Å². The molecule has 14 heavy (non-hydrogen) atoms. The Bertz CT molecular complexity index is 283. The van der Waals surface area contributed by atoms with E-state index >= 15 is 0 Å². The molecule has 0 aliphatic carbocycles. The van der Waals surface area contributed by atoms with Gasteiger partial charge in [0.15, 0.2) is 0 Å². The molecule has 76 valence electrons. The fraction of sp³-hybridized carbons (Fsp3) is 0.364. The van der Waals surface area contributed by atoms with Crippen molar-refractivity contribution in [3.63, 3.8) is 0 Å². The Morgan fingerprint density at radius 2 is 2.07 bits per heavy atom. The molecule has 0 atom stereocenters. The van der Waals surface area contributed by atoms with Crippen LogP contribution in [0.2, 0.25) is 0 Å². The van der Waals surface area contributed by atoms with Crippen molar-refractivity contribution in [2.24, 2.45) is 10.7 Å².